The summed E-state index contributed by atoms with van der Waals surface area (Å²) < 4.78 is 55.8. The highest BCUT2D eigenvalue weighted by Gasteiger charge is 2.40. The Morgan fingerprint density at radius 3 is 2.66 bits per heavy atom. The van der Waals surface area contributed by atoms with E-state index in [1.807, 2.05) is 11.9 Å². The number of amides is 1. The van der Waals surface area contributed by atoms with E-state index in [2.05, 4.69) is 25.1 Å². The van der Waals surface area contributed by atoms with Gasteiger partial charge >= 0.3 is 12.2 Å². The molecule has 0 radical (unpaired) electrons. The molecule has 0 aliphatic carbocycles. The molecule has 2 atom stereocenters. The van der Waals surface area contributed by atoms with Crippen LogP contribution in [-0.2, 0) is 11.0 Å². The monoisotopic (exact) mass is 674 g/mol. The van der Waals surface area contributed by atoms with Crippen molar-refractivity contribution in [1.29, 1.82) is 0 Å². The van der Waals surface area contributed by atoms with Crippen molar-refractivity contribution in [3.05, 3.63) is 28.3 Å². The Morgan fingerprint density at radius 1 is 1.15 bits per heavy atom. The number of rotatable bonds is 5. The molecule has 47 heavy (non-hydrogen) atoms. The normalized spacial score (nSPS) is 22.3. The number of hydrogen-bond donors (Lipinski definition) is 2. The molecule has 7 rings (SSSR count). The Bertz CT molecular complexity index is 1700. The van der Waals surface area contributed by atoms with Gasteiger partial charge in [0, 0.05) is 37.2 Å². The van der Waals surface area contributed by atoms with Crippen LogP contribution in [0.15, 0.2) is 12.1 Å². The fraction of sp³-hybridized carbons (Fsp3) is 0.562. The number of nitrogens with zero attached hydrogens (tertiary/aromatic N) is 6. The number of hydrogen-bond acceptors (Lipinski definition) is 10. The molecular formula is C32H38ClF3N8O3. The average molecular weight is 675 g/mol. The Hall–Kier alpha value is -3.62. The molecule has 15 heteroatoms. The van der Waals surface area contributed by atoms with E-state index in [9.17, 15) is 18.0 Å². The smallest absolute Gasteiger partial charge is 0.418 e. The predicted molar refractivity (Wildman–Crippen MR) is 172 cm³/mol. The van der Waals surface area contributed by atoms with Gasteiger partial charge in [-0.1, -0.05) is 11.6 Å². The molecule has 3 saturated heterocycles. The number of alkyl halides is 3. The third kappa shape index (κ3) is 5.99. The maximum atomic E-state index is 14.4. The zero-order chi connectivity index (χ0) is 33.0. The summed E-state index contributed by atoms with van der Waals surface area (Å²) >= 11 is 6.95. The molecule has 252 valence electrons. The number of aryl methyl sites for hydroxylation is 1. The number of pyridine rings is 1. The van der Waals surface area contributed by atoms with Gasteiger partial charge in [-0.2, -0.15) is 23.1 Å². The fourth-order valence-corrected chi connectivity index (χ4v) is 7.67. The molecule has 1 aromatic carbocycles. The van der Waals surface area contributed by atoms with Crippen molar-refractivity contribution in [2.45, 2.75) is 50.9 Å². The molecule has 4 aliphatic heterocycles. The lowest BCUT2D eigenvalue weighted by molar-refractivity contribution is -0.138. The summed E-state index contributed by atoms with van der Waals surface area (Å²) in [5.74, 6) is 0.709. The molecule has 3 aromatic rings. The first kappa shape index (κ1) is 32.0. The van der Waals surface area contributed by atoms with Crippen LogP contribution in [0.2, 0.25) is 5.02 Å². The first-order chi connectivity index (χ1) is 22.5. The van der Waals surface area contributed by atoms with Crippen LogP contribution in [0.1, 0.15) is 36.8 Å². The standard InChI is InChI=1S/C32H38ClF3N8O3/c1-17-12-23(37)40-27(25(17)32(34,35)36)21-13-22-24-28(26(21)33)46-16-20-14-43(30(45)18-5-7-38-8-6-18)10-11-44(20)29(24)41-31(39-22)47-15-19-4-3-9-42(19)2/h12-13,18-20,38H,3-11,14-16H2,1-2H3,(H2,37,40)/t19-,20-/m0/s1. The average Bonchev–Trinajstić information content (AvgIpc) is 3.37. The van der Waals surface area contributed by atoms with Crippen LogP contribution in [0.5, 0.6) is 11.8 Å². The largest absolute Gasteiger partial charge is 0.489 e. The number of carbonyl (C=O) groups is 1. The number of nitrogens with one attached hydrogen (secondary N) is 1. The van der Waals surface area contributed by atoms with E-state index in [0.717, 1.165) is 45.3 Å². The van der Waals surface area contributed by atoms with E-state index in [4.69, 9.17) is 31.8 Å². The van der Waals surface area contributed by atoms with Gasteiger partial charge in [-0.3, -0.25) is 4.79 Å². The predicted octanol–water partition coefficient (Wildman–Crippen LogP) is 4.14. The summed E-state index contributed by atoms with van der Waals surface area (Å²) in [7, 11) is 2.04. The van der Waals surface area contributed by atoms with Crippen LogP contribution in [0.4, 0.5) is 24.8 Å². The van der Waals surface area contributed by atoms with Crippen molar-refractivity contribution in [3.63, 3.8) is 0 Å². The number of benzene rings is 1. The van der Waals surface area contributed by atoms with E-state index in [0.29, 0.717) is 43.0 Å². The second-order valence-electron chi connectivity index (χ2n) is 12.9. The fourth-order valence-electron chi connectivity index (χ4n) is 7.37. The van der Waals surface area contributed by atoms with Gasteiger partial charge in [0.15, 0.2) is 5.75 Å². The van der Waals surface area contributed by atoms with Crippen LogP contribution in [0, 0.1) is 12.8 Å². The van der Waals surface area contributed by atoms with E-state index in [1.165, 1.54) is 19.1 Å². The maximum absolute atomic E-state index is 14.4. The van der Waals surface area contributed by atoms with Crippen molar-refractivity contribution in [2.24, 2.45) is 5.92 Å². The number of anilines is 2. The molecule has 2 aromatic heterocycles. The molecule has 0 saturated carbocycles. The molecule has 3 fully saturated rings. The molecular weight excluding hydrogens is 637 g/mol. The van der Waals surface area contributed by atoms with Gasteiger partial charge in [-0.15, -0.1) is 0 Å². The number of ether oxygens (including phenoxy) is 2. The number of likely N-dealkylation sites (N-methyl/N-ethyl adjacent to an activating group) is 1. The number of likely N-dealkylation sites (tertiary alicyclic amines) is 1. The number of fused-ring (bicyclic) bond motifs is 2. The lowest BCUT2D eigenvalue weighted by atomic mass is 9.96. The summed E-state index contributed by atoms with van der Waals surface area (Å²) in [6.45, 7) is 5.81. The summed E-state index contributed by atoms with van der Waals surface area (Å²) in [5.41, 5.74) is 4.84. The van der Waals surface area contributed by atoms with E-state index >= 15 is 0 Å². The van der Waals surface area contributed by atoms with Crippen molar-refractivity contribution in [1.82, 2.24) is 30.1 Å². The minimum absolute atomic E-state index is 0.00870. The second-order valence-corrected chi connectivity index (χ2v) is 13.3. The van der Waals surface area contributed by atoms with Crippen molar-refractivity contribution >= 4 is 40.0 Å². The van der Waals surface area contributed by atoms with Gasteiger partial charge in [0.2, 0.25) is 5.91 Å². The van der Waals surface area contributed by atoms with Crippen molar-refractivity contribution < 1.29 is 27.4 Å². The lowest BCUT2D eigenvalue weighted by Gasteiger charge is -2.42. The Labute approximate surface area is 275 Å². The molecule has 3 N–H and O–H groups in total. The number of piperazine rings is 1. The van der Waals surface area contributed by atoms with Gasteiger partial charge in [-0.05, 0) is 77.0 Å². The van der Waals surface area contributed by atoms with Gasteiger partial charge in [0.1, 0.15) is 24.8 Å². The molecule has 4 aliphatic rings. The first-order valence-corrected chi connectivity index (χ1v) is 16.5. The molecule has 0 bridgehead atoms. The quantitative estimate of drug-likeness (QED) is 0.409. The van der Waals surface area contributed by atoms with Crippen LogP contribution in [0.25, 0.3) is 22.2 Å². The number of halogens is 4. The molecule has 0 unspecified atom stereocenters. The summed E-state index contributed by atoms with van der Waals surface area (Å²) in [4.78, 5) is 33.4. The summed E-state index contributed by atoms with van der Waals surface area (Å²) in [6.07, 6.45) is -1.09. The molecule has 6 heterocycles. The Morgan fingerprint density at radius 2 is 1.94 bits per heavy atom. The highest BCUT2D eigenvalue weighted by atomic mass is 35.5. The zero-order valence-electron chi connectivity index (χ0n) is 26.4. The highest BCUT2D eigenvalue weighted by Crippen LogP contribution is 2.49. The van der Waals surface area contributed by atoms with Gasteiger partial charge < -0.3 is 35.2 Å². The minimum Gasteiger partial charge on any atom is -0.489 e. The van der Waals surface area contributed by atoms with Crippen LogP contribution in [-0.4, -0.2) is 102 Å². The minimum atomic E-state index is -4.73. The van der Waals surface area contributed by atoms with Crippen molar-refractivity contribution in [2.75, 3.05) is 70.2 Å². The second kappa shape index (κ2) is 12.4. The highest BCUT2D eigenvalue weighted by molar-refractivity contribution is 6.36. The number of nitrogen functional groups attached to an aromatic ring is 1. The van der Waals surface area contributed by atoms with Crippen LogP contribution < -0.4 is 25.4 Å². The SMILES string of the molecule is Cc1cc(N)nc(-c2cc3nc(OC[C@@H]4CCCN4C)nc4c3c(c2Cl)OC[C@@H]2CN(C(=O)C3CCNCC3)CCN42)c1C(F)(F)F. The van der Waals surface area contributed by atoms with Gasteiger partial charge in [0.25, 0.3) is 0 Å². The zero-order valence-corrected chi connectivity index (χ0v) is 27.1. The summed E-state index contributed by atoms with van der Waals surface area (Å²) in [5, 5.41) is 3.73. The maximum Gasteiger partial charge on any atom is 0.418 e. The molecule has 0 spiro atoms. The van der Waals surface area contributed by atoms with E-state index in [-0.39, 0.29) is 64.2 Å². The molecule has 1 amide bonds. The number of carbonyl (C=O) groups excluding carboxylic acids is 1. The third-order valence-corrected chi connectivity index (χ3v) is 10.2. The summed E-state index contributed by atoms with van der Waals surface area (Å²) in [6, 6.07) is 2.69. The Balaban J connectivity index is 1.33. The van der Waals surface area contributed by atoms with E-state index in [1.54, 1.807) is 0 Å². The van der Waals surface area contributed by atoms with Crippen molar-refractivity contribution in [3.8, 4) is 23.0 Å². The van der Waals surface area contributed by atoms with Gasteiger partial charge in [0.05, 0.1) is 33.2 Å². The topological polar surface area (TPSA) is 122 Å². The number of nitrogens with two attached hydrogens (primary N) is 1. The number of piperidine rings is 1. The van der Waals surface area contributed by atoms with Gasteiger partial charge in [-0.25, -0.2) is 4.98 Å². The third-order valence-electron chi connectivity index (χ3n) is 9.87. The Kier molecular flexibility index (Phi) is 8.46. The van der Waals surface area contributed by atoms with E-state index < -0.39 is 17.4 Å². The first-order valence-electron chi connectivity index (χ1n) is 16.1. The van der Waals surface area contributed by atoms with Crippen LogP contribution >= 0.6 is 11.6 Å². The number of aromatic nitrogens is 3. The molecule has 11 nitrogen and oxygen atoms in total. The van der Waals surface area contributed by atoms with Crippen LogP contribution in [0.3, 0.4) is 0 Å². The lowest BCUT2D eigenvalue weighted by Crippen LogP contribution is -2.58.